The van der Waals surface area contributed by atoms with Crippen molar-refractivity contribution in [1.82, 2.24) is 5.32 Å². The number of likely N-dealkylation sites (N-methyl/N-ethyl adjacent to an activating group) is 1. The van der Waals surface area contributed by atoms with Crippen molar-refractivity contribution in [3.05, 3.63) is 41.6 Å². The monoisotopic (exact) mass is 379 g/mol. The summed E-state index contributed by atoms with van der Waals surface area (Å²) in [6.07, 6.45) is 1.04. The standard InChI is InChI=1S/C11H11Br2NS2/c1-14-9(4-7-2-3-15-6-7)10-5-8(12)11(13)16-10/h2-3,5-6,9,14H,4H2,1H3. The normalized spacial score (nSPS) is 12.9. The van der Waals surface area contributed by atoms with Crippen molar-refractivity contribution in [2.75, 3.05) is 7.05 Å². The third-order valence-electron chi connectivity index (χ3n) is 2.38. The number of halogens is 2. The van der Waals surface area contributed by atoms with Crippen molar-refractivity contribution in [2.45, 2.75) is 12.5 Å². The lowest BCUT2D eigenvalue weighted by molar-refractivity contribution is 0.603. The van der Waals surface area contributed by atoms with Crippen molar-refractivity contribution >= 4 is 54.5 Å². The van der Waals surface area contributed by atoms with Crippen LogP contribution in [0.1, 0.15) is 16.5 Å². The fraction of sp³-hybridized carbons (Fsp3) is 0.273. The molecule has 1 atom stereocenters. The summed E-state index contributed by atoms with van der Waals surface area (Å²) in [5, 5.41) is 7.71. The van der Waals surface area contributed by atoms with Crippen molar-refractivity contribution in [2.24, 2.45) is 0 Å². The zero-order chi connectivity index (χ0) is 11.5. The Bertz CT molecular complexity index is 431. The third-order valence-corrected chi connectivity index (χ3v) is 6.48. The minimum atomic E-state index is 0.391. The van der Waals surface area contributed by atoms with Crippen LogP contribution in [0.15, 0.2) is 31.2 Å². The van der Waals surface area contributed by atoms with Crippen LogP contribution in [-0.2, 0) is 6.42 Å². The predicted octanol–water partition coefficient (Wildman–Crippen LogP) is 4.84. The van der Waals surface area contributed by atoms with Crippen LogP contribution in [0.5, 0.6) is 0 Å². The van der Waals surface area contributed by atoms with E-state index in [1.807, 2.05) is 7.05 Å². The van der Waals surface area contributed by atoms with E-state index in [9.17, 15) is 0 Å². The van der Waals surface area contributed by atoms with Crippen molar-refractivity contribution in [3.63, 3.8) is 0 Å². The van der Waals surface area contributed by atoms with E-state index in [0.29, 0.717) is 6.04 Å². The van der Waals surface area contributed by atoms with E-state index in [1.54, 1.807) is 22.7 Å². The minimum absolute atomic E-state index is 0.391. The molecule has 0 spiro atoms. The highest BCUT2D eigenvalue weighted by Crippen LogP contribution is 2.36. The molecule has 0 bridgehead atoms. The van der Waals surface area contributed by atoms with Gasteiger partial charge in [-0.1, -0.05) is 0 Å². The van der Waals surface area contributed by atoms with Crippen LogP contribution < -0.4 is 5.32 Å². The largest absolute Gasteiger partial charge is 0.312 e. The topological polar surface area (TPSA) is 12.0 Å². The summed E-state index contributed by atoms with van der Waals surface area (Å²) in [6.45, 7) is 0. The Labute approximate surface area is 120 Å². The zero-order valence-corrected chi connectivity index (χ0v) is 13.5. The van der Waals surface area contributed by atoms with Gasteiger partial charge in [0.2, 0.25) is 0 Å². The molecule has 0 amide bonds. The number of hydrogen-bond acceptors (Lipinski definition) is 3. The molecule has 2 rings (SSSR count). The van der Waals surface area contributed by atoms with E-state index in [0.717, 1.165) is 14.7 Å². The SMILES string of the molecule is CNC(Cc1ccsc1)c1cc(Br)c(Br)s1. The smallest absolute Gasteiger partial charge is 0.0843 e. The van der Waals surface area contributed by atoms with Gasteiger partial charge in [-0.2, -0.15) is 11.3 Å². The molecule has 2 aromatic rings. The summed E-state index contributed by atoms with van der Waals surface area (Å²) >= 11 is 10.6. The Morgan fingerprint density at radius 2 is 2.25 bits per heavy atom. The molecule has 86 valence electrons. The lowest BCUT2D eigenvalue weighted by Crippen LogP contribution is -2.17. The number of rotatable bonds is 4. The molecule has 1 N–H and O–H groups in total. The predicted molar refractivity (Wildman–Crippen MR) is 79.5 cm³/mol. The molecule has 16 heavy (non-hydrogen) atoms. The van der Waals surface area contributed by atoms with E-state index >= 15 is 0 Å². The third kappa shape index (κ3) is 2.96. The molecule has 0 aliphatic carbocycles. The molecule has 0 saturated carbocycles. The van der Waals surface area contributed by atoms with Gasteiger partial charge < -0.3 is 5.32 Å². The van der Waals surface area contributed by atoms with Gasteiger partial charge in [-0.25, -0.2) is 0 Å². The van der Waals surface area contributed by atoms with Gasteiger partial charge in [0.15, 0.2) is 0 Å². The Morgan fingerprint density at radius 1 is 1.44 bits per heavy atom. The first-order chi connectivity index (χ1) is 7.70. The number of nitrogens with one attached hydrogen (secondary N) is 1. The fourth-order valence-electron chi connectivity index (χ4n) is 1.52. The quantitative estimate of drug-likeness (QED) is 0.800. The van der Waals surface area contributed by atoms with Crippen LogP contribution in [-0.4, -0.2) is 7.05 Å². The average Bonchev–Trinajstić information content (AvgIpc) is 2.86. The first kappa shape index (κ1) is 12.8. The molecule has 2 heterocycles. The Hall–Kier alpha value is 0.320. The second kappa shape index (κ2) is 5.78. The summed E-state index contributed by atoms with van der Waals surface area (Å²) in [6, 6.07) is 4.76. The van der Waals surface area contributed by atoms with Gasteiger partial charge in [-0.05, 0) is 73.8 Å². The maximum absolute atomic E-state index is 3.54. The van der Waals surface area contributed by atoms with Gasteiger partial charge >= 0.3 is 0 Å². The Morgan fingerprint density at radius 3 is 2.75 bits per heavy atom. The maximum Gasteiger partial charge on any atom is 0.0843 e. The number of hydrogen-bond donors (Lipinski definition) is 1. The van der Waals surface area contributed by atoms with Gasteiger partial charge in [0.05, 0.1) is 3.79 Å². The highest BCUT2D eigenvalue weighted by molar-refractivity contribution is 9.13. The summed E-state index contributed by atoms with van der Waals surface area (Å²) in [4.78, 5) is 1.35. The molecule has 0 aliphatic heterocycles. The van der Waals surface area contributed by atoms with Crippen LogP contribution in [0, 0.1) is 0 Å². The van der Waals surface area contributed by atoms with E-state index in [1.165, 1.54) is 10.4 Å². The lowest BCUT2D eigenvalue weighted by Gasteiger charge is -2.13. The van der Waals surface area contributed by atoms with Crippen molar-refractivity contribution < 1.29 is 0 Å². The molecule has 0 radical (unpaired) electrons. The second-order valence-electron chi connectivity index (χ2n) is 3.45. The van der Waals surface area contributed by atoms with Crippen molar-refractivity contribution in [3.8, 4) is 0 Å². The summed E-state index contributed by atoms with van der Waals surface area (Å²) in [5.74, 6) is 0. The zero-order valence-electron chi connectivity index (χ0n) is 8.67. The molecule has 0 aliphatic rings. The van der Waals surface area contributed by atoms with E-state index in [-0.39, 0.29) is 0 Å². The molecule has 1 nitrogen and oxygen atoms in total. The molecule has 2 aromatic heterocycles. The van der Waals surface area contributed by atoms with Crippen LogP contribution in [0.3, 0.4) is 0 Å². The molecule has 5 heteroatoms. The highest BCUT2D eigenvalue weighted by Gasteiger charge is 2.14. The minimum Gasteiger partial charge on any atom is -0.312 e. The summed E-state index contributed by atoms with van der Waals surface area (Å²) in [7, 11) is 2.01. The molecular weight excluding hydrogens is 370 g/mol. The summed E-state index contributed by atoms with van der Waals surface area (Å²) in [5.41, 5.74) is 1.39. The Kier molecular flexibility index (Phi) is 4.61. The first-order valence-corrected chi connectivity index (χ1v) is 8.18. The Balaban J connectivity index is 2.16. The highest BCUT2D eigenvalue weighted by atomic mass is 79.9. The summed E-state index contributed by atoms with van der Waals surface area (Å²) < 4.78 is 2.30. The molecule has 0 saturated heterocycles. The number of thiophene rings is 2. The van der Waals surface area contributed by atoms with Gasteiger partial charge in [0.1, 0.15) is 0 Å². The fourth-order valence-corrected chi connectivity index (χ4v) is 4.41. The first-order valence-electron chi connectivity index (χ1n) is 4.83. The van der Waals surface area contributed by atoms with E-state index in [2.05, 4.69) is 60.1 Å². The van der Waals surface area contributed by atoms with Crippen LogP contribution in [0.25, 0.3) is 0 Å². The van der Waals surface area contributed by atoms with Crippen LogP contribution in [0.4, 0.5) is 0 Å². The van der Waals surface area contributed by atoms with Gasteiger partial charge in [-0.3, -0.25) is 0 Å². The van der Waals surface area contributed by atoms with Crippen molar-refractivity contribution in [1.29, 1.82) is 0 Å². The second-order valence-corrected chi connectivity index (χ2v) is 7.48. The molecular formula is C11H11Br2NS2. The maximum atomic E-state index is 3.54. The average molecular weight is 381 g/mol. The van der Waals surface area contributed by atoms with Gasteiger partial charge in [-0.15, -0.1) is 11.3 Å². The molecule has 1 unspecified atom stereocenters. The lowest BCUT2D eigenvalue weighted by atomic mass is 10.1. The molecule has 0 fully saturated rings. The molecule has 0 aromatic carbocycles. The van der Waals surface area contributed by atoms with Crippen LogP contribution >= 0.6 is 54.5 Å². The van der Waals surface area contributed by atoms with Gasteiger partial charge in [0.25, 0.3) is 0 Å². The van der Waals surface area contributed by atoms with Gasteiger partial charge in [0, 0.05) is 15.4 Å². The van der Waals surface area contributed by atoms with E-state index in [4.69, 9.17) is 0 Å². The van der Waals surface area contributed by atoms with E-state index < -0.39 is 0 Å². The van der Waals surface area contributed by atoms with Crippen LogP contribution in [0.2, 0.25) is 0 Å².